The van der Waals surface area contributed by atoms with Crippen LogP contribution in [0.25, 0.3) is 0 Å². The van der Waals surface area contributed by atoms with Crippen LogP contribution in [0.2, 0.25) is 0 Å². The van der Waals surface area contributed by atoms with E-state index in [9.17, 15) is 4.79 Å². The summed E-state index contributed by atoms with van der Waals surface area (Å²) in [5.41, 5.74) is 0. The Labute approximate surface area is 45.5 Å². The number of hydrogen-bond acceptors (Lipinski definition) is 3. The van der Waals surface area contributed by atoms with Gasteiger partial charge >= 0.3 is 0 Å². The molecule has 1 heterocycles. The third-order valence-corrected chi connectivity index (χ3v) is 0.780. The molecule has 0 bridgehead atoms. The Bertz CT molecular complexity index is 189. The molecule has 3 nitrogen and oxygen atoms in total. The summed E-state index contributed by atoms with van der Waals surface area (Å²) in [5.74, 6) is -0.134. The van der Waals surface area contributed by atoms with Gasteiger partial charge in [0.1, 0.15) is 0 Å². The summed E-state index contributed by atoms with van der Waals surface area (Å²) in [5, 5.41) is 8.63. The fraction of sp³-hybridized carbons (Fsp3) is 0. The summed E-state index contributed by atoms with van der Waals surface area (Å²) in [7, 11) is 0. The van der Waals surface area contributed by atoms with Crippen LogP contribution in [0.4, 0.5) is 0 Å². The van der Waals surface area contributed by atoms with Crippen LogP contribution in [0.1, 0.15) is 10.6 Å². The van der Waals surface area contributed by atoms with E-state index in [1.165, 1.54) is 12.3 Å². The van der Waals surface area contributed by atoms with Crippen molar-refractivity contribution in [2.24, 2.45) is 0 Å². The third-order valence-electron chi connectivity index (χ3n) is 0.780. The normalized spacial score (nSPS) is 9.00. The lowest BCUT2D eigenvalue weighted by molar-refractivity contribution is 0.109. The van der Waals surface area contributed by atoms with Gasteiger partial charge in [0.05, 0.1) is 6.26 Å². The second-order valence-corrected chi connectivity index (χ2v) is 1.29. The molecule has 0 amide bonds. The van der Waals surface area contributed by atoms with Crippen molar-refractivity contribution in [2.45, 2.75) is 0 Å². The number of carbonyl (C=O) groups is 1. The van der Waals surface area contributed by atoms with Gasteiger partial charge in [-0.25, -0.2) is 0 Å². The van der Waals surface area contributed by atoms with Crippen molar-refractivity contribution < 1.29 is 14.3 Å². The predicted octanol–water partition coefficient (Wildman–Crippen LogP) is 0.798. The van der Waals surface area contributed by atoms with Crippen molar-refractivity contribution in [1.29, 1.82) is 0 Å². The molecule has 0 aliphatic carbocycles. The molecule has 0 fully saturated rings. The Morgan fingerprint density at radius 2 is 2.50 bits per heavy atom. The van der Waals surface area contributed by atoms with Crippen LogP contribution in [-0.2, 0) is 0 Å². The van der Waals surface area contributed by atoms with E-state index in [0.29, 0.717) is 6.29 Å². The van der Waals surface area contributed by atoms with Gasteiger partial charge in [-0.1, -0.05) is 0 Å². The summed E-state index contributed by atoms with van der Waals surface area (Å²) < 4.78 is 4.50. The lowest BCUT2D eigenvalue weighted by Gasteiger charge is -1.78. The Hall–Kier alpha value is -1.25. The maximum atomic E-state index is 9.83. The zero-order valence-corrected chi connectivity index (χ0v) is 4.00. The molecule has 8 heavy (non-hydrogen) atoms. The molecule has 0 spiro atoms. The van der Waals surface area contributed by atoms with Crippen molar-refractivity contribution in [2.75, 3.05) is 0 Å². The minimum atomic E-state index is -0.111. The van der Waals surface area contributed by atoms with Gasteiger partial charge in [0.15, 0.2) is 12.0 Å². The van der Waals surface area contributed by atoms with Crippen LogP contribution in [0.3, 0.4) is 0 Å². The zero-order chi connectivity index (χ0) is 5.98. The summed E-state index contributed by atoms with van der Waals surface area (Å²) in [6, 6.07) is 1.31. The highest BCUT2D eigenvalue weighted by atomic mass is 16.4. The number of aromatic hydroxyl groups is 1. The van der Waals surface area contributed by atoms with Crippen molar-refractivity contribution in [1.82, 2.24) is 0 Å². The zero-order valence-electron chi connectivity index (χ0n) is 4.00. The molecule has 1 N–H and O–H groups in total. The minimum Gasteiger partial charge on any atom is -0.504 e. The topological polar surface area (TPSA) is 50.4 Å². The molecule has 0 unspecified atom stereocenters. The van der Waals surface area contributed by atoms with Crippen LogP contribution in [0.15, 0.2) is 16.7 Å². The van der Waals surface area contributed by atoms with Gasteiger partial charge in [0.25, 0.3) is 0 Å². The molecular formula is C5H4O3. The molecular weight excluding hydrogens is 108 g/mol. The predicted molar refractivity (Wildman–Crippen MR) is 25.8 cm³/mol. The number of hydrogen-bond donors (Lipinski definition) is 1. The van der Waals surface area contributed by atoms with E-state index in [1.54, 1.807) is 0 Å². The van der Waals surface area contributed by atoms with Gasteiger partial charge < -0.3 is 9.52 Å². The average Bonchev–Trinajstić information content (AvgIpc) is 2.14. The molecule has 1 rings (SSSR count). The SMILES string of the molecule is O=Cc1occc1O. The van der Waals surface area contributed by atoms with Crippen molar-refractivity contribution in [3.63, 3.8) is 0 Å². The second-order valence-electron chi connectivity index (χ2n) is 1.29. The van der Waals surface area contributed by atoms with Gasteiger partial charge in [0, 0.05) is 6.07 Å². The van der Waals surface area contributed by atoms with Gasteiger partial charge in [-0.05, 0) is 0 Å². The highest BCUT2D eigenvalue weighted by molar-refractivity contribution is 5.74. The lowest BCUT2D eigenvalue weighted by Crippen LogP contribution is -1.69. The molecule has 0 saturated carbocycles. The van der Waals surface area contributed by atoms with Crippen molar-refractivity contribution >= 4 is 6.29 Å². The molecule has 0 radical (unpaired) electrons. The first-order valence-electron chi connectivity index (χ1n) is 2.06. The first kappa shape index (κ1) is 4.90. The Morgan fingerprint density at radius 1 is 1.75 bits per heavy atom. The van der Waals surface area contributed by atoms with Crippen LogP contribution < -0.4 is 0 Å². The molecule has 1 aromatic heterocycles. The van der Waals surface area contributed by atoms with Crippen molar-refractivity contribution in [3.8, 4) is 5.75 Å². The van der Waals surface area contributed by atoms with E-state index in [1.807, 2.05) is 0 Å². The number of furan rings is 1. The van der Waals surface area contributed by atoms with Gasteiger partial charge in [0.2, 0.25) is 5.76 Å². The smallest absolute Gasteiger partial charge is 0.207 e. The molecule has 0 aliphatic heterocycles. The lowest BCUT2D eigenvalue weighted by atomic mass is 10.4. The van der Waals surface area contributed by atoms with E-state index < -0.39 is 0 Å². The third kappa shape index (κ3) is 0.578. The monoisotopic (exact) mass is 112 g/mol. The molecule has 42 valence electrons. The summed E-state index contributed by atoms with van der Waals surface area (Å²) >= 11 is 0. The Balaban J connectivity index is 3.09. The fourth-order valence-electron chi connectivity index (χ4n) is 0.402. The molecule has 3 heteroatoms. The van der Waals surface area contributed by atoms with Gasteiger partial charge in [-0.2, -0.15) is 0 Å². The highest BCUT2D eigenvalue weighted by Gasteiger charge is 1.98. The molecule has 0 saturated heterocycles. The Morgan fingerprint density at radius 3 is 2.75 bits per heavy atom. The summed E-state index contributed by atoms with van der Waals surface area (Å²) in [4.78, 5) is 9.83. The highest BCUT2D eigenvalue weighted by Crippen LogP contribution is 2.13. The summed E-state index contributed by atoms with van der Waals surface area (Å²) in [6.45, 7) is 0. The van der Waals surface area contributed by atoms with E-state index in [2.05, 4.69) is 4.42 Å². The Kier molecular flexibility index (Phi) is 1.04. The van der Waals surface area contributed by atoms with Crippen LogP contribution in [-0.4, -0.2) is 11.4 Å². The molecule has 0 aromatic carbocycles. The van der Waals surface area contributed by atoms with Crippen LogP contribution >= 0.6 is 0 Å². The molecule has 0 atom stereocenters. The van der Waals surface area contributed by atoms with E-state index in [-0.39, 0.29) is 11.5 Å². The summed E-state index contributed by atoms with van der Waals surface area (Å²) in [6.07, 6.45) is 1.70. The first-order valence-corrected chi connectivity index (χ1v) is 2.06. The van der Waals surface area contributed by atoms with Crippen LogP contribution in [0.5, 0.6) is 5.75 Å². The average molecular weight is 112 g/mol. The quantitative estimate of drug-likeness (QED) is 0.546. The van der Waals surface area contributed by atoms with E-state index in [4.69, 9.17) is 5.11 Å². The fourth-order valence-corrected chi connectivity index (χ4v) is 0.402. The van der Waals surface area contributed by atoms with Gasteiger partial charge in [-0.15, -0.1) is 0 Å². The minimum absolute atomic E-state index is 0.0231. The second kappa shape index (κ2) is 1.69. The largest absolute Gasteiger partial charge is 0.504 e. The maximum Gasteiger partial charge on any atom is 0.207 e. The molecule has 1 aromatic rings. The molecule has 0 aliphatic rings. The number of rotatable bonds is 1. The van der Waals surface area contributed by atoms with E-state index >= 15 is 0 Å². The first-order chi connectivity index (χ1) is 3.84. The number of aldehydes is 1. The van der Waals surface area contributed by atoms with E-state index in [0.717, 1.165) is 0 Å². The van der Waals surface area contributed by atoms with Crippen molar-refractivity contribution in [3.05, 3.63) is 18.1 Å². The maximum absolute atomic E-state index is 9.83. The standard InChI is InChI=1S/C5H4O3/c6-3-5-4(7)1-2-8-5/h1-3,7H. The van der Waals surface area contributed by atoms with Gasteiger partial charge in [-0.3, -0.25) is 4.79 Å². The number of carbonyl (C=O) groups excluding carboxylic acids is 1. The van der Waals surface area contributed by atoms with Crippen LogP contribution in [0, 0.1) is 0 Å².